The van der Waals surface area contributed by atoms with E-state index in [-0.39, 0.29) is 0 Å². The molecule has 0 amide bonds. The number of nitrogens with one attached hydrogen (secondary N) is 1. The summed E-state index contributed by atoms with van der Waals surface area (Å²) in [5.41, 5.74) is 4.92. The van der Waals surface area contributed by atoms with E-state index in [0.717, 1.165) is 17.5 Å². The van der Waals surface area contributed by atoms with Gasteiger partial charge < -0.3 is 10.5 Å². The molecule has 0 aliphatic rings. The summed E-state index contributed by atoms with van der Waals surface area (Å²) < 4.78 is 1.80. The molecule has 1 aromatic heterocycles. The van der Waals surface area contributed by atoms with Crippen molar-refractivity contribution in [2.24, 2.45) is 0 Å². The summed E-state index contributed by atoms with van der Waals surface area (Å²) in [6.07, 6.45) is 2.45. The molecule has 1 aromatic rings. The molecule has 1 rings (SSSR count). The lowest BCUT2D eigenvalue weighted by molar-refractivity contribution is -0.131. The second-order valence-corrected chi connectivity index (χ2v) is 2.75. The van der Waals surface area contributed by atoms with Gasteiger partial charge >= 0.3 is 5.97 Å². The summed E-state index contributed by atoms with van der Waals surface area (Å²) in [6.45, 7) is 3.88. The van der Waals surface area contributed by atoms with Gasteiger partial charge in [0.05, 0.1) is 0 Å². The summed E-state index contributed by atoms with van der Waals surface area (Å²) >= 11 is 0. The van der Waals surface area contributed by atoms with E-state index in [0.29, 0.717) is 0 Å². The number of aliphatic carboxylic acids is 1. The molecule has 13 heavy (non-hydrogen) atoms. The van der Waals surface area contributed by atoms with Gasteiger partial charge in [-0.25, -0.2) is 4.79 Å². The molecule has 2 N–H and O–H groups in total. The van der Waals surface area contributed by atoms with Crippen molar-refractivity contribution in [1.29, 1.82) is 0 Å². The molecule has 0 bridgehead atoms. The van der Waals surface area contributed by atoms with Gasteiger partial charge in [-0.2, -0.15) is 0 Å². The van der Waals surface area contributed by atoms with Crippen LogP contribution in [-0.4, -0.2) is 15.8 Å². The molecular formula is C9H12N2O2. The number of aryl methyl sites for hydroxylation is 2. The van der Waals surface area contributed by atoms with Gasteiger partial charge in [0.25, 0.3) is 0 Å². The van der Waals surface area contributed by atoms with E-state index in [1.54, 1.807) is 4.68 Å². The molecule has 0 unspecified atom stereocenters. The summed E-state index contributed by atoms with van der Waals surface area (Å²) in [4.78, 5) is 10.2. The molecule has 0 fully saturated rings. The van der Waals surface area contributed by atoms with Crippen LogP contribution in [0, 0.1) is 13.8 Å². The second kappa shape index (κ2) is 3.80. The topological polar surface area (TPSA) is 54.3 Å². The molecule has 0 aliphatic carbocycles. The van der Waals surface area contributed by atoms with Crippen molar-refractivity contribution in [3.8, 4) is 0 Å². The van der Waals surface area contributed by atoms with Gasteiger partial charge in [-0.3, -0.25) is 4.68 Å². The highest BCUT2D eigenvalue weighted by atomic mass is 16.4. The third-order valence-corrected chi connectivity index (χ3v) is 1.70. The van der Waals surface area contributed by atoms with Crippen molar-refractivity contribution in [1.82, 2.24) is 4.68 Å². The third kappa shape index (κ3) is 2.37. The Morgan fingerprint density at radius 3 is 2.46 bits per heavy atom. The molecule has 0 spiro atoms. The number of hydrogen-bond acceptors (Lipinski definition) is 2. The Morgan fingerprint density at radius 1 is 1.46 bits per heavy atom. The van der Waals surface area contributed by atoms with Gasteiger partial charge in [0.2, 0.25) is 0 Å². The lowest BCUT2D eigenvalue weighted by Gasteiger charge is -2.07. The SMILES string of the molecule is Cc1ccc(C)n1N/C=C/C(=O)O. The first kappa shape index (κ1) is 9.38. The highest BCUT2D eigenvalue weighted by Gasteiger charge is 1.96. The molecule has 0 radical (unpaired) electrons. The fraction of sp³-hybridized carbons (Fsp3) is 0.222. The van der Waals surface area contributed by atoms with Crippen molar-refractivity contribution >= 4 is 5.97 Å². The number of hydrogen-bond donors (Lipinski definition) is 2. The average Bonchev–Trinajstić information content (AvgIpc) is 2.34. The second-order valence-electron chi connectivity index (χ2n) is 2.75. The van der Waals surface area contributed by atoms with Crippen LogP contribution in [0.3, 0.4) is 0 Å². The molecule has 4 nitrogen and oxygen atoms in total. The number of carboxylic acid groups (broad SMARTS) is 1. The van der Waals surface area contributed by atoms with Gasteiger partial charge in [-0.05, 0) is 26.0 Å². The van der Waals surface area contributed by atoms with Crippen LogP contribution in [0.5, 0.6) is 0 Å². The zero-order valence-corrected chi connectivity index (χ0v) is 7.61. The van der Waals surface area contributed by atoms with Gasteiger partial charge in [-0.1, -0.05) is 0 Å². The van der Waals surface area contributed by atoms with Gasteiger partial charge in [0, 0.05) is 23.7 Å². The minimum Gasteiger partial charge on any atom is -0.478 e. The van der Waals surface area contributed by atoms with Crippen molar-refractivity contribution in [2.45, 2.75) is 13.8 Å². The molecule has 0 saturated heterocycles. The number of carboxylic acids is 1. The minimum atomic E-state index is -0.963. The number of aromatic nitrogens is 1. The highest BCUT2D eigenvalue weighted by Crippen LogP contribution is 2.03. The smallest absolute Gasteiger partial charge is 0.329 e. The number of nitrogens with zero attached hydrogens (tertiary/aromatic N) is 1. The van der Waals surface area contributed by atoms with Gasteiger partial charge in [0.15, 0.2) is 0 Å². The lowest BCUT2D eigenvalue weighted by Crippen LogP contribution is -2.11. The Bertz CT molecular complexity index is 320. The van der Waals surface area contributed by atoms with Crippen LogP contribution >= 0.6 is 0 Å². The Hall–Kier alpha value is -1.71. The zero-order valence-electron chi connectivity index (χ0n) is 7.61. The number of carbonyl (C=O) groups is 1. The maximum absolute atomic E-state index is 10.2. The van der Waals surface area contributed by atoms with E-state index < -0.39 is 5.97 Å². The molecule has 0 saturated carbocycles. The van der Waals surface area contributed by atoms with Gasteiger partial charge in [-0.15, -0.1) is 0 Å². The Labute approximate surface area is 76.5 Å². The standard InChI is InChI=1S/C9H12N2O2/c1-7-3-4-8(2)11(7)10-6-5-9(12)13/h3-6,10H,1-2H3,(H,12,13)/b6-5+. The van der Waals surface area contributed by atoms with Crippen LogP contribution in [0.15, 0.2) is 24.4 Å². The van der Waals surface area contributed by atoms with E-state index >= 15 is 0 Å². The maximum Gasteiger partial charge on any atom is 0.329 e. The third-order valence-electron chi connectivity index (χ3n) is 1.70. The predicted octanol–water partition coefficient (Wildman–Crippen LogP) is 1.25. The van der Waals surface area contributed by atoms with E-state index in [1.807, 2.05) is 26.0 Å². The monoisotopic (exact) mass is 180 g/mol. The van der Waals surface area contributed by atoms with E-state index in [1.165, 1.54) is 6.20 Å². The lowest BCUT2D eigenvalue weighted by atomic mass is 10.5. The predicted molar refractivity (Wildman–Crippen MR) is 50.0 cm³/mol. The number of rotatable bonds is 3. The molecule has 0 aliphatic heterocycles. The van der Waals surface area contributed by atoms with Crippen molar-refractivity contribution in [2.75, 3.05) is 5.43 Å². The van der Waals surface area contributed by atoms with Crippen LogP contribution in [0.25, 0.3) is 0 Å². The molecule has 0 aromatic carbocycles. The van der Waals surface area contributed by atoms with Gasteiger partial charge in [0.1, 0.15) is 0 Å². The van der Waals surface area contributed by atoms with Crippen LogP contribution in [0.4, 0.5) is 0 Å². The van der Waals surface area contributed by atoms with E-state index in [4.69, 9.17) is 5.11 Å². The summed E-state index contributed by atoms with van der Waals surface area (Å²) in [5, 5.41) is 8.34. The Balaban J connectivity index is 2.69. The fourth-order valence-electron chi connectivity index (χ4n) is 1.06. The van der Waals surface area contributed by atoms with Crippen molar-refractivity contribution in [3.63, 3.8) is 0 Å². The first-order chi connectivity index (χ1) is 6.11. The first-order valence-corrected chi connectivity index (χ1v) is 3.92. The van der Waals surface area contributed by atoms with E-state index in [2.05, 4.69) is 5.43 Å². The minimum absolute atomic E-state index is 0.963. The highest BCUT2D eigenvalue weighted by molar-refractivity contribution is 5.79. The van der Waals surface area contributed by atoms with Crippen LogP contribution in [0.1, 0.15) is 11.4 Å². The zero-order chi connectivity index (χ0) is 9.84. The quantitative estimate of drug-likeness (QED) is 0.688. The van der Waals surface area contributed by atoms with Crippen molar-refractivity contribution in [3.05, 3.63) is 35.8 Å². The molecule has 4 heteroatoms. The van der Waals surface area contributed by atoms with E-state index in [9.17, 15) is 4.79 Å². The van der Waals surface area contributed by atoms with Crippen LogP contribution in [-0.2, 0) is 4.79 Å². The van der Waals surface area contributed by atoms with Crippen molar-refractivity contribution < 1.29 is 9.90 Å². The normalized spacial score (nSPS) is 10.6. The Morgan fingerprint density at radius 2 is 2.00 bits per heavy atom. The molecular weight excluding hydrogens is 168 g/mol. The summed E-state index contributed by atoms with van der Waals surface area (Å²) in [7, 11) is 0. The molecule has 1 heterocycles. The summed E-state index contributed by atoms with van der Waals surface area (Å²) in [5.74, 6) is -0.963. The molecule has 0 atom stereocenters. The first-order valence-electron chi connectivity index (χ1n) is 3.92. The summed E-state index contributed by atoms with van der Waals surface area (Å²) in [6, 6.07) is 3.91. The molecule has 70 valence electrons. The fourth-order valence-corrected chi connectivity index (χ4v) is 1.06. The average molecular weight is 180 g/mol. The van der Waals surface area contributed by atoms with Crippen LogP contribution in [0.2, 0.25) is 0 Å². The maximum atomic E-state index is 10.2. The largest absolute Gasteiger partial charge is 0.478 e. The Kier molecular flexibility index (Phi) is 2.74. The van der Waals surface area contributed by atoms with Crippen LogP contribution < -0.4 is 5.43 Å².